The van der Waals surface area contributed by atoms with Gasteiger partial charge in [-0.1, -0.05) is 28.3 Å². The van der Waals surface area contributed by atoms with Gasteiger partial charge in [0.2, 0.25) is 5.89 Å². The molecule has 1 N–H and O–H groups in total. The van der Waals surface area contributed by atoms with Crippen molar-refractivity contribution >= 4 is 46.5 Å². The highest BCUT2D eigenvalue weighted by Gasteiger charge is 2.12. The second kappa shape index (κ2) is 5.08. The third kappa shape index (κ3) is 2.80. The van der Waals surface area contributed by atoms with Gasteiger partial charge in [-0.25, -0.2) is 4.39 Å². The van der Waals surface area contributed by atoms with Crippen molar-refractivity contribution in [2.24, 2.45) is 0 Å². The molecule has 17 heavy (non-hydrogen) atoms. The average molecular weight is 297 g/mol. The van der Waals surface area contributed by atoms with Crippen LogP contribution in [0.4, 0.5) is 16.1 Å². The van der Waals surface area contributed by atoms with Crippen LogP contribution >= 0.6 is 34.8 Å². The Labute approximate surface area is 111 Å². The molecule has 1 aromatic carbocycles. The molecule has 0 saturated carbocycles. The van der Waals surface area contributed by atoms with Crippen LogP contribution in [0.25, 0.3) is 0 Å². The van der Waals surface area contributed by atoms with E-state index in [2.05, 4.69) is 15.5 Å². The summed E-state index contributed by atoms with van der Waals surface area (Å²) in [4.78, 5) is 0. The summed E-state index contributed by atoms with van der Waals surface area (Å²) in [6, 6.07) is 2.32. The van der Waals surface area contributed by atoms with E-state index in [1.807, 2.05) is 0 Å². The minimum atomic E-state index is -0.530. The summed E-state index contributed by atoms with van der Waals surface area (Å²) in [6.45, 7) is 0. The van der Waals surface area contributed by atoms with Gasteiger partial charge in [-0.2, -0.15) is 0 Å². The number of anilines is 2. The first kappa shape index (κ1) is 12.4. The number of aromatic nitrogens is 2. The molecule has 0 unspecified atom stereocenters. The zero-order valence-corrected chi connectivity index (χ0v) is 10.4. The quantitative estimate of drug-likeness (QED) is 0.870. The fourth-order valence-electron chi connectivity index (χ4n) is 1.13. The van der Waals surface area contributed by atoms with Gasteiger partial charge in [0, 0.05) is 0 Å². The van der Waals surface area contributed by atoms with Crippen LogP contribution in [0.15, 0.2) is 16.5 Å². The Balaban J connectivity index is 2.29. The Morgan fingerprint density at radius 2 is 1.88 bits per heavy atom. The van der Waals surface area contributed by atoms with E-state index in [1.165, 1.54) is 0 Å². The van der Waals surface area contributed by atoms with Crippen LogP contribution in [0.2, 0.25) is 10.0 Å². The van der Waals surface area contributed by atoms with E-state index < -0.39 is 5.82 Å². The molecule has 1 aromatic heterocycles. The largest absolute Gasteiger partial charge is 0.407 e. The zero-order chi connectivity index (χ0) is 12.4. The lowest BCUT2D eigenvalue weighted by molar-refractivity contribution is 0.530. The predicted octanol–water partition coefficient (Wildman–Crippen LogP) is 4.00. The van der Waals surface area contributed by atoms with Crippen molar-refractivity contribution in [3.05, 3.63) is 33.9 Å². The van der Waals surface area contributed by atoms with E-state index in [9.17, 15) is 4.39 Å². The van der Waals surface area contributed by atoms with Gasteiger partial charge in [-0.15, -0.1) is 16.7 Å². The highest BCUT2D eigenvalue weighted by molar-refractivity contribution is 6.39. The summed E-state index contributed by atoms with van der Waals surface area (Å²) < 4.78 is 18.0. The number of alkyl halides is 1. The van der Waals surface area contributed by atoms with Crippen molar-refractivity contribution in [1.29, 1.82) is 0 Å². The van der Waals surface area contributed by atoms with E-state index in [0.717, 1.165) is 12.1 Å². The fourth-order valence-corrected chi connectivity index (χ4v) is 1.79. The van der Waals surface area contributed by atoms with Gasteiger partial charge in [-0.3, -0.25) is 0 Å². The summed E-state index contributed by atoms with van der Waals surface area (Å²) in [5, 5.41) is 10.2. The number of nitrogens with one attached hydrogen (secondary N) is 1. The first-order valence-corrected chi connectivity index (χ1v) is 5.69. The molecule has 0 fully saturated rings. The molecular weight excluding hydrogens is 291 g/mol. The van der Waals surface area contributed by atoms with Crippen LogP contribution in [-0.4, -0.2) is 10.2 Å². The maximum absolute atomic E-state index is 12.9. The topological polar surface area (TPSA) is 51.0 Å². The van der Waals surface area contributed by atoms with Gasteiger partial charge >= 0.3 is 6.01 Å². The monoisotopic (exact) mass is 295 g/mol. The maximum atomic E-state index is 12.9. The molecule has 1 heterocycles. The van der Waals surface area contributed by atoms with E-state index in [0.29, 0.717) is 5.69 Å². The molecule has 8 heteroatoms. The fraction of sp³-hybridized carbons (Fsp3) is 0.111. The minimum absolute atomic E-state index is 0.0797. The molecule has 90 valence electrons. The molecule has 0 bridgehead atoms. The van der Waals surface area contributed by atoms with E-state index in [1.54, 1.807) is 0 Å². The minimum Gasteiger partial charge on any atom is -0.407 e. The highest BCUT2D eigenvalue weighted by atomic mass is 35.5. The van der Waals surface area contributed by atoms with Crippen molar-refractivity contribution in [2.45, 2.75) is 5.88 Å². The van der Waals surface area contributed by atoms with Gasteiger partial charge in [0.05, 0.1) is 15.7 Å². The van der Waals surface area contributed by atoms with Crippen molar-refractivity contribution in [3.63, 3.8) is 0 Å². The highest BCUT2D eigenvalue weighted by Crippen LogP contribution is 2.33. The molecule has 0 atom stereocenters. The Morgan fingerprint density at radius 3 is 2.41 bits per heavy atom. The van der Waals surface area contributed by atoms with Gasteiger partial charge in [0.25, 0.3) is 0 Å². The maximum Gasteiger partial charge on any atom is 0.320 e. The molecule has 0 aliphatic heterocycles. The molecule has 2 aromatic rings. The van der Waals surface area contributed by atoms with E-state index >= 15 is 0 Å². The summed E-state index contributed by atoms with van der Waals surface area (Å²) in [6.07, 6.45) is 0. The van der Waals surface area contributed by atoms with Gasteiger partial charge < -0.3 is 9.73 Å². The van der Waals surface area contributed by atoms with Crippen molar-refractivity contribution in [2.75, 3.05) is 5.32 Å². The van der Waals surface area contributed by atoms with Crippen molar-refractivity contribution in [3.8, 4) is 0 Å². The molecule has 0 radical (unpaired) electrons. The average Bonchev–Trinajstić information content (AvgIpc) is 2.71. The number of nitrogens with zero attached hydrogens (tertiary/aromatic N) is 2. The zero-order valence-electron chi connectivity index (χ0n) is 8.18. The smallest absolute Gasteiger partial charge is 0.320 e. The lowest BCUT2D eigenvalue weighted by Crippen LogP contribution is -1.93. The molecule has 0 aliphatic carbocycles. The Kier molecular flexibility index (Phi) is 3.71. The number of hydrogen-bond acceptors (Lipinski definition) is 4. The molecule has 0 aliphatic rings. The predicted molar refractivity (Wildman–Crippen MR) is 63.6 cm³/mol. The number of rotatable bonds is 3. The normalized spacial score (nSPS) is 10.6. The van der Waals surface area contributed by atoms with E-state index in [-0.39, 0.29) is 27.8 Å². The lowest BCUT2D eigenvalue weighted by atomic mass is 10.3. The molecule has 0 amide bonds. The first-order chi connectivity index (χ1) is 8.10. The summed E-state index contributed by atoms with van der Waals surface area (Å²) in [7, 11) is 0. The summed E-state index contributed by atoms with van der Waals surface area (Å²) in [5.41, 5.74) is 0.291. The standard InChI is InChI=1S/C9H5Cl3FN3O/c10-3-7-15-16-9(17-7)14-8-5(11)1-4(13)2-6(8)12/h1-2H,3H2,(H,14,16). The molecule has 2 rings (SSSR count). The number of halogens is 4. The van der Waals surface area contributed by atoms with E-state index in [4.69, 9.17) is 39.2 Å². The summed E-state index contributed by atoms with van der Waals surface area (Å²) in [5.74, 6) is -0.180. The number of hydrogen-bond donors (Lipinski definition) is 1. The van der Waals surface area contributed by atoms with Crippen LogP contribution in [-0.2, 0) is 5.88 Å². The molecule has 0 saturated heterocycles. The third-order valence-corrected chi connectivity index (χ3v) is 2.64. The summed E-state index contributed by atoms with van der Waals surface area (Å²) >= 11 is 17.1. The van der Waals surface area contributed by atoms with Crippen molar-refractivity contribution < 1.29 is 8.81 Å². The Hall–Kier alpha value is -1.04. The second-order valence-electron chi connectivity index (χ2n) is 3.00. The Bertz CT molecular complexity index is 523. The van der Waals surface area contributed by atoms with Crippen LogP contribution in [0, 0.1) is 5.82 Å². The second-order valence-corrected chi connectivity index (χ2v) is 4.09. The van der Waals surface area contributed by atoms with Crippen LogP contribution < -0.4 is 5.32 Å². The van der Waals surface area contributed by atoms with Crippen LogP contribution in [0.1, 0.15) is 5.89 Å². The van der Waals surface area contributed by atoms with Crippen molar-refractivity contribution in [1.82, 2.24) is 10.2 Å². The Morgan fingerprint density at radius 1 is 1.24 bits per heavy atom. The SMILES string of the molecule is Fc1cc(Cl)c(Nc2nnc(CCl)o2)c(Cl)c1. The first-order valence-electron chi connectivity index (χ1n) is 4.40. The van der Waals surface area contributed by atoms with Gasteiger partial charge in [0.1, 0.15) is 11.7 Å². The van der Waals surface area contributed by atoms with Gasteiger partial charge in [-0.05, 0) is 12.1 Å². The third-order valence-electron chi connectivity index (χ3n) is 1.82. The van der Waals surface area contributed by atoms with Crippen LogP contribution in [0.3, 0.4) is 0 Å². The molecular formula is C9H5Cl3FN3O. The van der Waals surface area contributed by atoms with Gasteiger partial charge in [0.15, 0.2) is 0 Å². The lowest BCUT2D eigenvalue weighted by Gasteiger charge is -2.06. The van der Waals surface area contributed by atoms with Crippen LogP contribution in [0.5, 0.6) is 0 Å². The molecule has 0 spiro atoms. The molecule has 4 nitrogen and oxygen atoms in total. The number of benzene rings is 1.